The third kappa shape index (κ3) is 4.42. The van der Waals surface area contributed by atoms with Crippen LogP contribution in [0.25, 0.3) is 5.69 Å². The lowest BCUT2D eigenvalue weighted by atomic mass is 10.0. The van der Waals surface area contributed by atoms with Crippen LogP contribution in [0.3, 0.4) is 0 Å². The fourth-order valence-electron chi connectivity index (χ4n) is 4.66. The zero-order chi connectivity index (χ0) is 23.3. The van der Waals surface area contributed by atoms with Crippen LogP contribution < -0.4 is 10.1 Å². The molecule has 0 unspecified atom stereocenters. The molecule has 1 aliphatic heterocycles. The van der Waals surface area contributed by atoms with Crippen molar-refractivity contribution in [1.29, 1.82) is 0 Å². The fourth-order valence-corrected chi connectivity index (χ4v) is 4.66. The Morgan fingerprint density at radius 2 is 1.71 bits per heavy atom. The highest BCUT2D eigenvalue weighted by molar-refractivity contribution is 5.76. The van der Waals surface area contributed by atoms with Gasteiger partial charge in [-0.2, -0.15) is 0 Å². The molecule has 1 aromatic heterocycles. The molecule has 1 atom stereocenters. The van der Waals surface area contributed by atoms with E-state index in [4.69, 9.17) is 4.74 Å². The molecule has 5 rings (SSSR count). The number of rotatable bonds is 6. The third-order valence-corrected chi connectivity index (χ3v) is 6.26. The molecule has 0 fully saturated rings. The number of para-hydroxylation sites is 1. The largest absolute Gasteiger partial charge is 0.494 e. The van der Waals surface area contributed by atoms with E-state index in [1.54, 1.807) is 0 Å². The highest BCUT2D eigenvalue weighted by Crippen LogP contribution is 2.37. The summed E-state index contributed by atoms with van der Waals surface area (Å²) in [6.45, 7) is 3.70. The van der Waals surface area contributed by atoms with Crippen LogP contribution in [0.1, 0.15) is 35.3 Å². The Hall–Kier alpha value is -3.99. The van der Waals surface area contributed by atoms with E-state index in [-0.39, 0.29) is 12.1 Å². The molecule has 0 spiro atoms. The van der Waals surface area contributed by atoms with Crippen molar-refractivity contribution in [3.63, 3.8) is 0 Å². The molecular weight excluding hydrogens is 422 g/mol. The van der Waals surface area contributed by atoms with Crippen LogP contribution in [-0.2, 0) is 13.0 Å². The van der Waals surface area contributed by atoms with Crippen molar-refractivity contribution >= 4 is 6.03 Å². The molecule has 2 heterocycles. The maximum absolute atomic E-state index is 13.6. The van der Waals surface area contributed by atoms with Gasteiger partial charge < -0.3 is 19.5 Å². The lowest BCUT2D eigenvalue weighted by Crippen LogP contribution is -2.42. The Morgan fingerprint density at radius 3 is 2.50 bits per heavy atom. The molecule has 4 aromatic rings. The van der Waals surface area contributed by atoms with E-state index < -0.39 is 0 Å². The monoisotopic (exact) mass is 451 g/mol. The van der Waals surface area contributed by atoms with Crippen LogP contribution in [0.5, 0.6) is 5.75 Å². The predicted molar refractivity (Wildman–Crippen MR) is 134 cm³/mol. The van der Waals surface area contributed by atoms with Gasteiger partial charge in [0.15, 0.2) is 0 Å². The highest BCUT2D eigenvalue weighted by Gasteiger charge is 2.32. The number of benzene rings is 3. The number of carbonyl (C=O) groups excluding carboxylic acids is 1. The second-order valence-corrected chi connectivity index (χ2v) is 8.43. The van der Waals surface area contributed by atoms with Crippen LogP contribution in [0.2, 0.25) is 0 Å². The number of hydrogen-bond acceptors (Lipinski definition) is 2. The molecule has 0 aliphatic carbocycles. The van der Waals surface area contributed by atoms with Crippen molar-refractivity contribution < 1.29 is 9.53 Å². The van der Waals surface area contributed by atoms with Gasteiger partial charge >= 0.3 is 6.03 Å². The zero-order valence-electron chi connectivity index (χ0n) is 19.4. The van der Waals surface area contributed by atoms with Gasteiger partial charge in [-0.05, 0) is 60.4 Å². The second kappa shape index (κ2) is 9.87. The van der Waals surface area contributed by atoms with Crippen LogP contribution in [0.4, 0.5) is 4.79 Å². The van der Waals surface area contributed by atoms with E-state index in [9.17, 15) is 4.79 Å². The standard InChI is InChI=1S/C29H29N3O2/c1-2-34-25-16-14-23(15-17-25)28-27-13-8-20-31(27)26-12-7-6-11-24(26)21-32(28)29(33)30-19-18-22-9-4-3-5-10-22/h3-17,20,28H,2,18-19,21H2,1H3,(H,30,33)/t28-/m0/s1. The molecule has 172 valence electrons. The van der Waals surface area contributed by atoms with Crippen molar-refractivity contribution in [2.75, 3.05) is 13.2 Å². The Morgan fingerprint density at radius 1 is 0.941 bits per heavy atom. The Kier molecular flexibility index (Phi) is 6.34. The molecule has 5 heteroatoms. The van der Waals surface area contributed by atoms with E-state index in [1.165, 1.54) is 5.56 Å². The van der Waals surface area contributed by atoms with Gasteiger partial charge in [0, 0.05) is 18.4 Å². The molecule has 3 aromatic carbocycles. The Labute approximate surface area is 200 Å². The maximum atomic E-state index is 13.6. The number of nitrogens with one attached hydrogen (secondary N) is 1. The predicted octanol–water partition coefficient (Wildman–Crippen LogP) is 5.73. The molecule has 1 aliphatic rings. The molecule has 0 radical (unpaired) electrons. The van der Waals surface area contributed by atoms with E-state index in [0.29, 0.717) is 19.7 Å². The number of hydrogen-bond donors (Lipinski definition) is 1. The van der Waals surface area contributed by atoms with Crippen molar-refractivity contribution in [2.45, 2.75) is 25.9 Å². The molecule has 1 N–H and O–H groups in total. The van der Waals surface area contributed by atoms with Gasteiger partial charge in [-0.25, -0.2) is 4.79 Å². The minimum absolute atomic E-state index is 0.0701. The number of aromatic nitrogens is 1. The SMILES string of the molecule is CCOc1ccc([C@H]2c3cccn3-c3ccccc3CN2C(=O)NCCc2ccccc2)cc1. The first-order valence-electron chi connectivity index (χ1n) is 11.8. The molecule has 5 nitrogen and oxygen atoms in total. The summed E-state index contributed by atoms with van der Waals surface area (Å²) < 4.78 is 7.85. The van der Waals surface area contributed by atoms with E-state index in [2.05, 4.69) is 58.5 Å². The molecule has 2 amide bonds. The summed E-state index contributed by atoms with van der Waals surface area (Å²) in [5.41, 5.74) is 5.55. The average molecular weight is 452 g/mol. The second-order valence-electron chi connectivity index (χ2n) is 8.43. The Balaban J connectivity index is 1.48. The summed E-state index contributed by atoms with van der Waals surface area (Å²) in [5, 5.41) is 3.17. The summed E-state index contributed by atoms with van der Waals surface area (Å²) in [4.78, 5) is 15.6. The zero-order valence-corrected chi connectivity index (χ0v) is 19.4. The number of carbonyl (C=O) groups is 1. The normalized spacial score (nSPS) is 14.6. The van der Waals surface area contributed by atoms with Crippen molar-refractivity contribution in [2.24, 2.45) is 0 Å². The summed E-state index contributed by atoms with van der Waals surface area (Å²) in [6, 6.07) is 30.5. The first kappa shape index (κ1) is 21.8. The van der Waals surface area contributed by atoms with Gasteiger partial charge in [0.25, 0.3) is 0 Å². The van der Waals surface area contributed by atoms with Gasteiger partial charge in [-0.3, -0.25) is 0 Å². The van der Waals surface area contributed by atoms with Crippen molar-refractivity contribution in [3.05, 3.63) is 120 Å². The van der Waals surface area contributed by atoms with Gasteiger partial charge in [-0.1, -0.05) is 60.7 Å². The highest BCUT2D eigenvalue weighted by atomic mass is 16.5. The lowest BCUT2D eigenvalue weighted by Gasteiger charge is -2.31. The number of amides is 2. The quantitative estimate of drug-likeness (QED) is 0.407. The fraction of sp³-hybridized carbons (Fsp3) is 0.207. The number of fused-ring (bicyclic) bond motifs is 3. The average Bonchev–Trinajstić information content (AvgIpc) is 3.30. The number of ether oxygens (including phenoxy) is 1. The lowest BCUT2D eigenvalue weighted by molar-refractivity contribution is 0.180. The van der Waals surface area contributed by atoms with E-state index in [1.807, 2.05) is 60.4 Å². The van der Waals surface area contributed by atoms with Gasteiger partial charge in [0.05, 0.1) is 24.9 Å². The topological polar surface area (TPSA) is 46.5 Å². The summed E-state index contributed by atoms with van der Waals surface area (Å²) >= 11 is 0. The summed E-state index contributed by atoms with van der Waals surface area (Å²) in [5.74, 6) is 0.831. The van der Waals surface area contributed by atoms with E-state index in [0.717, 1.165) is 34.7 Å². The van der Waals surface area contributed by atoms with Crippen LogP contribution in [0.15, 0.2) is 97.2 Å². The van der Waals surface area contributed by atoms with E-state index >= 15 is 0 Å². The first-order valence-corrected chi connectivity index (χ1v) is 11.8. The molecular formula is C29H29N3O2. The molecule has 0 saturated heterocycles. The smallest absolute Gasteiger partial charge is 0.318 e. The Bertz CT molecular complexity index is 1250. The molecule has 0 saturated carbocycles. The van der Waals surface area contributed by atoms with Crippen molar-refractivity contribution in [1.82, 2.24) is 14.8 Å². The number of urea groups is 1. The van der Waals surface area contributed by atoms with Crippen LogP contribution in [0, 0.1) is 0 Å². The minimum atomic E-state index is -0.227. The van der Waals surface area contributed by atoms with Crippen LogP contribution >= 0.6 is 0 Å². The first-order chi connectivity index (χ1) is 16.7. The number of nitrogens with zero attached hydrogens (tertiary/aromatic N) is 2. The summed E-state index contributed by atoms with van der Waals surface area (Å²) in [7, 11) is 0. The maximum Gasteiger partial charge on any atom is 0.318 e. The van der Waals surface area contributed by atoms with Gasteiger partial charge in [-0.15, -0.1) is 0 Å². The van der Waals surface area contributed by atoms with Gasteiger partial charge in [0.1, 0.15) is 5.75 Å². The minimum Gasteiger partial charge on any atom is -0.494 e. The molecule has 34 heavy (non-hydrogen) atoms. The molecule has 0 bridgehead atoms. The summed E-state index contributed by atoms with van der Waals surface area (Å²) in [6.07, 6.45) is 2.87. The van der Waals surface area contributed by atoms with Crippen molar-refractivity contribution in [3.8, 4) is 11.4 Å². The van der Waals surface area contributed by atoms with Crippen LogP contribution in [-0.4, -0.2) is 28.6 Å². The third-order valence-electron chi connectivity index (χ3n) is 6.26. The van der Waals surface area contributed by atoms with Gasteiger partial charge in [0.2, 0.25) is 0 Å².